The summed E-state index contributed by atoms with van der Waals surface area (Å²) in [7, 11) is 0. The minimum atomic E-state index is -0.222. The summed E-state index contributed by atoms with van der Waals surface area (Å²) in [6.07, 6.45) is 10.1. The van der Waals surface area contributed by atoms with Gasteiger partial charge in [-0.1, -0.05) is 41.5 Å². The highest BCUT2D eigenvalue weighted by Gasteiger charge is 2.24. The highest BCUT2D eigenvalue weighted by atomic mass is 16.5. The van der Waals surface area contributed by atoms with E-state index in [1.807, 2.05) is 38.1 Å². The molecule has 8 nitrogen and oxygen atoms in total. The van der Waals surface area contributed by atoms with Crippen molar-refractivity contribution >= 4 is 0 Å². The van der Waals surface area contributed by atoms with Crippen LogP contribution in [0.25, 0.3) is 22.9 Å². The summed E-state index contributed by atoms with van der Waals surface area (Å²) in [4.78, 5) is 9.21. The molecule has 1 N–H and O–H groups in total. The van der Waals surface area contributed by atoms with Crippen LogP contribution in [0.5, 0.6) is 0 Å². The van der Waals surface area contributed by atoms with E-state index < -0.39 is 0 Å². The van der Waals surface area contributed by atoms with Gasteiger partial charge in [0.1, 0.15) is 22.9 Å². The SMILES string of the molecule is C=CCO[C@@H]1CCC[C@H](OCc2nc(-c3cccc(C)c3)oc2C)C1.Cc1cccc(-c2nc(CO[C@H]3CCC[C@@H](O)C3)c(C)o2)c1. The monoisotopic (exact) mass is 642 g/mol. The van der Waals surface area contributed by atoms with Crippen molar-refractivity contribution in [1.29, 1.82) is 0 Å². The Kier molecular flexibility index (Phi) is 12.6. The van der Waals surface area contributed by atoms with Gasteiger partial charge in [0.05, 0.1) is 44.2 Å². The van der Waals surface area contributed by atoms with Crippen LogP contribution in [0, 0.1) is 27.7 Å². The first-order valence-corrected chi connectivity index (χ1v) is 17.0. The Bertz CT molecular complexity index is 1580. The molecule has 0 bridgehead atoms. The number of benzene rings is 2. The van der Waals surface area contributed by atoms with Gasteiger partial charge >= 0.3 is 0 Å². The zero-order chi connectivity index (χ0) is 33.2. The van der Waals surface area contributed by atoms with E-state index in [1.165, 1.54) is 11.1 Å². The fourth-order valence-corrected chi connectivity index (χ4v) is 6.20. The Morgan fingerprint density at radius 3 is 1.70 bits per heavy atom. The van der Waals surface area contributed by atoms with Crippen molar-refractivity contribution in [3.8, 4) is 22.9 Å². The second-order valence-electron chi connectivity index (χ2n) is 12.9. The van der Waals surface area contributed by atoms with Crippen molar-refractivity contribution in [2.45, 2.75) is 117 Å². The van der Waals surface area contributed by atoms with Gasteiger partial charge in [-0.25, -0.2) is 9.97 Å². The fraction of sp³-hybridized carbons (Fsp3) is 0.487. The number of aliphatic hydroxyl groups excluding tert-OH is 1. The second-order valence-corrected chi connectivity index (χ2v) is 12.9. The van der Waals surface area contributed by atoms with Gasteiger partial charge in [-0.3, -0.25) is 0 Å². The molecule has 0 amide bonds. The lowest BCUT2D eigenvalue weighted by Crippen LogP contribution is -2.28. The van der Waals surface area contributed by atoms with Crippen LogP contribution in [-0.2, 0) is 27.4 Å². The molecule has 0 unspecified atom stereocenters. The van der Waals surface area contributed by atoms with Gasteiger partial charge in [0.2, 0.25) is 11.8 Å². The van der Waals surface area contributed by atoms with Gasteiger partial charge in [-0.15, -0.1) is 6.58 Å². The number of ether oxygens (including phenoxy) is 3. The molecular formula is C39H50N2O6. The molecule has 2 aromatic carbocycles. The van der Waals surface area contributed by atoms with Crippen molar-refractivity contribution < 1.29 is 28.2 Å². The molecule has 4 atom stereocenters. The number of hydrogen-bond donors (Lipinski definition) is 1. The Labute approximate surface area is 279 Å². The van der Waals surface area contributed by atoms with Crippen molar-refractivity contribution in [2.75, 3.05) is 6.61 Å². The van der Waals surface area contributed by atoms with E-state index in [9.17, 15) is 5.11 Å². The van der Waals surface area contributed by atoms with Gasteiger partial charge in [0.25, 0.3) is 0 Å². The number of aryl methyl sites for hydroxylation is 4. The van der Waals surface area contributed by atoms with Crippen molar-refractivity contribution in [2.24, 2.45) is 0 Å². The molecule has 0 aliphatic heterocycles. The van der Waals surface area contributed by atoms with Gasteiger partial charge in [0, 0.05) is 11.1 Å². The van der Waals surface area contributed by atoms with Crippen LogP contribution in [-0.4, -0.2) is 46.1 Å². The molecule has 2 aliphatic carbocycles. The lowest BCUT2D eigenvalue weighted by molar-refractivity contribution is -0.0448. The summed E-state index contributed by atoms with van der Waals surface area (Å²) in [6.45, 7) is 13.2. The van der Waals surface area contributed by atoms with Crippen molar-refractivity contribution in [3.05, 3.63) is 95.2 Å². The molecule has 6 rings (SSSR count). The van der Waals surface area contributed by atoms with Crippen molar-refractivity contribution in [3.63, 3.8) is 0 Å². The second kappa shape index (κ2) is 17.0. The van der Waals surface area contributed by atoms with E-state index in [1.54, 1.807) is 6.08 Å². The van der Waals surface area contributed by atoms with E-state index in [2.05, 4.69) is 54.7 Å². The highest BCUT2D eigenvalue weighted by Crippen LogP contribution is 2.28. The largest absolute Gasteiger partial charge is 0.441 e. The zero-order valence-electron chi connectivity index (χ0n) is 28.4. The predicted octanol–water partition coefficient (Wildman–Crippen LogP) is 8.77. The van der Waals surface area contributed by atoms with Gasteiger partial charge in [-0.05, 0) is 103 Å². The van der Waals surface area contributed by atoms with Crippen LogP contribution in [0.1, 0.15) is 85.4 Å². The summed E-state index contributed by atoms with van der Waals surface area (Å²) in [5.74, 6) is 2.93. The minimum absolute atomic E-state index is 0.127. The first-order chi connectivity index (χ1) is 22.8. The van der Waals surface area contributed by atoms with Crippen LogP contribution in [0.15, 0.2) is 70.0 Å². The number of rotatable bonds is 11. The third kappa shape index (κ3) is 10.2. The molecular weight excluding hydrogens is 592 g/mol. The topological polar surface area (TPSA) is 100.0 Å². The minimum Gasteiger partial charge on any atom is -0.441 e. The van der Waals surface area contributed by atoms with E-state index in [4.69, 9.17) is 23.0 Å². The molecule has 0 saturated heterocycles. The summed E-state index contributed by atoms with van der Waals surface area (Å²) in [6, 6.07) is 16.3. The lowest BCUT2D eigenvalue weighted by atomic mass is 9.95. The summed E-state index contributed by atoms with van der Waals surface area (Å²) in [5.41, 5.74) is 6.09. The lowest BCUT2D eigenvalue weighted by Gasteiger charge is -2.28. The van der Waals surface area contributed by atoms with E-state index >= 15 is 0 Å². The number of oxazole rings is 2. The standard InChI is InChI=1S/C21H27NO3.C18H23NO3/c1-4-11-23-18-9-6-10-19(13-18)24-14-20-16(3)25-21(22-20)17-8-5-7-15(2)12-17;1-12-5-3-6-14(9-12)18-19-17(13(2)22-18)11-21-16-8-4-7-15(20)10-16/h4-5,7-8,12,18-19H,1,6,9-11,13-14H2,2-3H3;3,5-6,9,15-16,20H,4,7-8,10-11H2,1-2H3/t18-,19+;15-,16+/m11/s1. The molecule has 0 radical (unpaired) electrons. The molecule has 2 aliphatic rings. The van der Waals surface area contributed by atoms with Gasteiger partial charge < -0.3 is 28.2 Å². The maximum Gasteiger partial charge on any atom is 0.226 e. The maximum atomic E-state index is 9.70. The Hall–Kier alpha value is -3.56. The average Bonchev–Trinajstić information content (AvgIpc) is 3.64. The Balaban J connectivity index is 0.000000186. The summed E-state index contributed by atoms with van der Waals surface area (Å²) < 4.78 is 29.4. The Morgan fingerprint density at radius 2 is 1.21 bits per heavy atom. The zero-order valence-corrected chi connectivity index (χ0v) is 28.4. The van der Waals surface area contributed by atoms with E-state index in [0.29, 0.717) is 31.6 Å². The molecule has 4 aromatic rings. The van der Waals surface area contributed by atoms with Gasteiger partial charge in [-0.2, -0.15) is 0 Å². The predicted molar refractivity (Wildman–Crippen MR) is 183 cm³/mol. The van der Waals surface area contributed by atoms with Crippen LogP contribution in [0.4, 0.5) is 0 Å². The molecule has 2 heterocycles. The highest BCUT2D eigenvalue weighted by molar-refractivity contribution is 5.55. The molecule has 252 valence electrons. The molecule has 2 fully saturated rings. The third-order valence-corrected chi connectivity index (χ3v) is 8.85. The van der Waals surface area contributed by atoms with Crippen LogP contribution in [0.2, 0.25) is 0 Å². The first kappa shape index (κ1) is 34.8. The molecule has 47 heavy (non-hydrogen) atoms. The number of nitrogens with zero attached hydrogens (tertiary/aromatic N) is 2. The van der Waals surface area contributed by atoms with Crippen LogP contribution < -0.4 is 0 Å². The van der Waals surface area contributed by atoms with E-state index in [-0.39, 0.29) is 24.4 Å². The molecule has 2 aromatic heterocycles. The molecule has 0 spiro atoms. The smallest absolute Gasteiger partial charge is 0.226 e. The Morgan fingerprint density at radius 1 is 0.723 bits per heavy atom. The first-order valence-electron chi connectivity index (χ1n) is 17.0. The normalized spacial score (nSPS) is 21.2. The maximum absolute atomic E-state index is 9.70. The average molecular weight is 643 g/mol. The van der Waals surface area contributed by atoms with Crippen LogP contribution in [0.3, 0.4) is 0 Å². The fourth-order valence-electron chi connectivity index (χ4n) is 6.20. The summed E-state index contributed by atoms with van der Waals surface area (Å²) >= 11 is 0. The number of aromatic nitrogens is 2. The number of aliphatic hydroxyl groups is 1. The quantitative estimate of drug-likeness (QED) is 0.162. The van der Waals surface area contributed by atoms with Gasteiger partial charge in [0.15, 0.2) is 0 Å². The van der Waals surface area contributed by atoms with Crippen molar-refractivity contribution in [1.82, 2.24) is 9.97 Å². The van der Waals surface area contributed by atoms with Crippen LogP contribution >= 0.6 is 0 Å². The summed E-state index contributed by atoms with van der Waals surface area (Å²) in [5, 5.41) is 9.70. The molecule has 8 heteroatoms. The van der Waals surface area contributed by atoms with E-state index in [0.717, 1.165) is 85.4 Å². The third-order valence-electron chi connectivity index (χ3n) is 8.85. The molecule has 2 saturated carbocycles. The number of hydrogen-bond acceptors (Lipinski definition) is 8.